The van der Waals surface area contributed by atoms with Crippen molar-refractivity contribution in [2.45, 2.75) is 31.6 Å². The number of hydrogen-bond acceptors (Lipinski definition) is 5. The van der Waals surface area contributed by atoms with Gasteiger partial charge in [-0.3, -0.25) is 4.79 Å². The van der Waals surface area contributed by atoms with Gasteiger partial charge in [0.2, 0.25) is 15.9 Å². The molecule has 0 spiro atoms. The van der Waals surface area contributed by atoms with Gasteiger partial charge in [0.1, 0.15) is 13.2 Å². The van der Waals surface area contributed by atoms with E-state index >= 15 is 0 Å². The summed E-state index contributed by atoms with van der Waals surface area (Å²) in [5.41, 5.74) is 1.72. The van der Waals surface area contributed by atoms with Crippen LogP contribution >= 0.6 is 0 Å². The molecule has 2 aromatic rings. The predicted molar refractivity (Wildman–Crippen MR) is 117 cm³/mol. The van der Waals surface area contributed by atoms with Crippen LogP contribution in [0, 0.1) is 5.92 Å². The third kappa shape index (κ3) is 5.19. The first-order valence-corrected chi connectivity index (χ1v) is 12.2. The molecule has 0 bridgehead atoms. The molecule has 0 aliphatic carbocycles. The normalized spacial score (nSPS) is 18.4. The van der Waals surface area contributed by atoms with Gasteiger partial charge in [-0.1, -0.05) is 36.4 Å². The van der Waals surface area contributed by atoms with Crippen LogP contribution in [0.1, 0.15) is 36.9 Å². The predicted octanol–water partition coefficient (Wildman–Crippen LogP) is 2.88. The molecule has 1 atom stereocenters. The molecule has 2 heterocycles. The molecule has 166 valence electrons. The number of benzene rings is 2. The van der Waals surface area contributed by atoms with Crippen LogP contribution in [0.2, 0.25) is 0 Å². The number of hydrogen-bond donors (Lipinski definition) is 1. The maximum atomic E-state index is 12.8. The molecule has 31 heavy (non-hydrogen) atoms. The van der Waals surface area contributed by atoms with Gasteiger partial charge in [-0.25, -0.2) is 12.7 Å². The van der Waals surface area contributed by atoms with E-state index < -0.39 is 10.0 Å². The van der Waals surface area contributed by atoms with Crippen LogP contribution in [-0.4, -0.2) is 44.9 Å². The van der Waals surface area contributed by atoms with Gasteiger partial charge >= 0.3 is 0 Å². The zero-order chi connectivity index (χ0) is 21.8. The molecular formula is C23H28N2O5S. The zero-order valence-corrected chi connectivity index (χ0v) is 18.4. The summed E-state index contributed by atoms with van der Waals surface area (Å²) < 4.78 is 38.1. The summed E-state index contributed by atoms with van der Waals surface area (Å²) in [6.45, 7) is 3.72. The van der Waals surface area contributed by atoms with Gasteiger partial charge < -0.3 is 14.8 Å². The van der Waals surface area contributed by atoms with Crippen molar-refractivity contribution in [2.75, 3.05) is 26.3 Å². The molecule has 0 radical (unpaired) electrons. The Bertz CT molecular complexity index is 1020. The molecule has 1 N–H and O–H groups in total. The monoisotopic (exact) mass is 444 g/mol. The number of ether oxygens (including phenoxy) is 2. The van der Waals surface area contributed by atoms with Gasteiger partial charge in [0, 0.05) is 19.0 Å². The van der Waals surface area contributed by atoms with E-state index in [0.29, 0.717) is 44.9 Å². The summed E-state index contributed by atoms with van der Waals surface area (Å²) >= 11 is 0. The fourth-order valence-electron chi connectivity index (χ4n) is 4.02. The quantitative estimate of drug-likeness (QED) is 0.741. The second kappa shape index (κ2) is 9.28. The van der Waals surface area contributed by atoms with Crippen LogP contribution in [-0.2, 0) is 20.6 Å². The van der Waals surface area contributed by atoms with Gasteiger partial charge in [-0.15, -0.1) is 0 Å². The minimum Gasteiger partial charge on any atom is -0.486 e. The number of carbonyl (C=O) groups is 1. The number of rotatable bonds is 6. The van der Waals surface area contributed by atoms with Gasteiger partial charge in [-0.05, 0) is 43.0 Å². The molecule has 0 unspecified atom stereocenters. The highest BCUT2D eigenvalue weighted by Gasteiger charge is 2.31. The lowest BCUT2D eigenvalue weighted by molar-refractivity contribution is -0.126. The maximum absolute atomic E-state index is 12.8. The molecular weight excluding hydrogens is 416 g/mol. The minimum absolute atomic E-state index is 0.00808. The Morgan fingerprint density at radius 2 is 1.74 bits per heavy atom. The summed E-state index contributed by atoms with van der Waals surface area (Å²) in [6, 6.07) is 14.7. The SMILES string of the molecule is C[C@H](NC(=O)C1CCN(S(=O)(=O)Cc2ccccc2)CC1)c1ccc2c(c1)OCCO2. The molecule has 0 saturated carbocycles. The van der Waals surface area contributed by atoms with Crippen molar-refractivity contribution in [3.63, 3.8) is 0 Å². The average Bonchev–Trinajstić information content (AvgIpc) is 2.79. The fraction of sp³-hybridized carbons (Fsp3) is 0.435. The molecule has 1 fully saturated rings. The number of fused-ring (bicyclic) bond motifs is 1. The van der Waals surface area contributed by atoms with Crippen molar-refractivity contribution >= 4 is 15.9 Å². The van der Waals surface area contributed by atoms with Crippen molar-refractivity contribution < 1.29 is 22.7 Å². The van der Waals surface area contributed by atoms with E-state index in [1.165, 1.54) is 4.31 Å². The Kier molecular flexibility index (Phi) is 6.48. The van der Waals surface area contributed by atoms with Crippen molar-refractivity contribution in [1.29, 1.82) is 0 Å². The number of amides is 1. The Morgan fingerprint density at radius 3 is 2.45 bits per heavy atom. The van der Waals surface area contributed by atoms with E-state index in [9.17, 15) is 13.2 Å². The van der Waals surface area contributed by atoms with Crippen molar-refractivity contribution in [2.24, 2.45) is 5.92 Å². The average molecular weight is 445 g/mol. The van der Waals surface area contributed by atoms with E-state index in [1.54, 1.807) is 0 Å². The molecule has 2 aromatic carbocycles. The first-order valence-electron chi connectivity index (χ1n) is 10.6. The lowest BCUT2D eigenvalue weighted by Gasteiger charge is -2.31. The van der Waals surface area contributed by atoms with Gasteiger partial charge in [0.25, 0.3) is 0 Å². The topological polar surface area (TPSA) is 84.9 Å². The second-order valence-electron chi connectivity index (χ2n) is 8.05. The number of piperidine rings is 1. The third-order valence-electron chi connectivity index (χ3n) is 5.83. The lowest BCUT2D eigenvalue weighted by atomic mass is 9.96. The Labute approximate surface area is 183 Å². The molecule has 2 aliphatic rings. The van der Waals surface area contributed by atoms with Crippen molar-refractivity contribution in [1.82, 2.24) is 9.62 Å². The van der Waals surface area contributed by atoms with E-state index in [2.05, 4.69) is 5.32 Å². The van der Waals surface area contributed by atoms with Crippen molar-refractivity contribution in [3.8, 4) is 11.5 Å². The number of sulfonamides is 1. The number of nitrogens with one attached hydrogen (secondary N) is 1. The number of nitrogens with zero attached hydrogens (tertiary/aromatic N) is 1. The Hall–Kier alpha value is -2.58. The first-order chi connectivity index (χ1) is 14.9. The third-order valence-corrected chi connectivity index (χ3v) is 7.69. The molecule has 8 heteroatoms. The molecule has 2 aliphatic heterocycles. The highest BCUT2D eigenvalue weighted by Crippen LogP contribution is 2.33. The largest absolute Gasteiger partial charge is 0.486 e. The van der Waals surface area contributed by atoms with E-state index in [1.807, 2.05) is 55.5 Å². The van der Waals surface area contributed by atoms with Gasteiger partial charge in [-0.2, -0.15) is 0 Å². The second-order valence-corrected chi connectivity index (χ2v) is 10.0. The van der Waals surface area contributed by atoms with Crippen LogP contribution in [0.3, 0.4) is 0 Å². The summed E-state index contributed by atoms with van der Waals surface area (Å²) in [4.78, 5) is 12.8. The summed E-state index contributed by atoms with van der Waals surface area (Å²) in [5.74, 6) is 1.18. The van der Waals surface area contributed by atoms with E-state index in [0.717, 1.165) is 16.9 Å². The van der Waals surface area contributed by atoms with E-state index in [4.69, 9.17) is 9.47 Å². The standard InChI is InChI=1S/C23H28N2O5S/c1-17(20-7-8-21-22(15-20)30-14-13-29-21)24-23(26)19-9-11-25(12-10-19)31(27,28)16-18-5-3-2-4-6-18/h2-8,15,17,19H,9-14,16H2,1H3,(H,24,26)/t17-/m0/s1. The molecule has 1 saturated heterocycles. The molecule has 7 nitrogen and oxygen atoms in total. The van der Waals surface area contributed by atoms with Gasteiger partial charge in [0.15, 0.2) is 11.5 Å². The number of carbonyl (C=O) groups excluding carboxylic acids is 1. The van der Waals surface area contributed by atoms with Crippen LogP contribution < -0.4 is 14.8 Å². The summed E-state index contributed by atoms with van der Waals surface area (Å²) in [6.07, 6.45) is 1.04. The van der Waals surface area contributed by atoms with Crippen LogP contribution in [0.25, 0.3) is 0 Å². The van der Waals surface area contributed by atoms with Crippen molar-refractivity contribution in [3.05, 3.63) is 59.7 Å². The zero-order valence-electron chi connectivity index (χ0n) is 17.6. The lowest BCUT2D eigenvalue weighted by Crippen LogP contribution is -2.43. The van der Waals surface area contributed by atoms with Gasteiger partial charge in [0.05, 0.1) is 11.8 Å². The van der Waals surface area contributed by atoms with Crippen LogP contribution in [0.4, 0.5) is 0 Å². The van der Waals surface area contributed by atoms with E-state index in [-0.39, 0.29) is 23.6 Å². The molecule has 1 amide bonds. The van der Waals surface area contributed by atoms with Crippen LogP contribution in [0.5, 0.6) is 11.5 Å². The summed E-state index contributed by atoms with van der Waals surface area (Å²) in [7, 11) is -3.38. The first kappa shape index (κ1) is 21.6. The maximum Gasteiger partial charge on any atom is 0.223 e. The summed E-state index contributed by atoms with van der Waals surface area (Å²) in [5, 5.41) is 3.06. The highest BCUT2D eigenvalue weighted by atomic mass is 32.2. The Balaban J connectivity index is 1.31. The molecule has 4 rings (SSSR count). The molecule has 0 aromatic heterocycles. The smallest absolute Gasteiger partial charge is 0.223 e. The Morgan fingerprint density at radius 1 is 1.06 bits per heavy atom. The fourth-order valence-corrected chi connectivity index (χ4v) is 5.58. The minimum atomic E-state index is -3.38. The van der Waals surface area contributed by atoms with Crippen LogP contribution in [0.15, 0.2) is 48.5 Å². The highest BCUT2D eigenvalue weighted by molar-refractivity contribution is 7.88.